The molecule has 2 rings (SSSR count). The Morgan fingerprint density at radius 2 is 2.21 bits per heavy atom. The van der Waals surface area contributed by atoms with Crippen molar-refractivity contribution in [3.8, 4) is 5.75 Å². The van der Waals surface area contributed by atoms with Crippen molar-refractivity contribution < 1.29 is 9.53 Å². The molecule has 1 heterocycles. The fourth-order valence-electron chi connectivity index (χ4n) is 3.14. The SMILES string of the molecule is COc1cc(N)c(Cl)cc1C(=O)NCCCCN1CCCCC1C. The van der Waals surface area contributed by atoms with E-state index in [4.69, 9.17) is 22.1 Å². The van der Waals surface area contributed by atoms with E-state index in [0.717, 1.165) is 19.4 Å². The number of nitrogens with one attached hydrogen (secondary N) is 1. The van der Waals surface area contributed by atoms with Crippen molar-refractivity contribution in [1.29, 1.82) is 0 Å². The molecule has 1 saturated heterocycles. The first-order valence-corrected chi connectivity index (χ1v) is 9.06. The highest BCUT2D eigenvalue weighted by Crippen LogP contribution is 2.28. The molecule has 1 fully saturated rings. The van der Waals surface area contributed by atoms with Crippen LogP contribution in [0, 0.1) is 0 Å². The lowest BCUT2D eigenvalue weighted by molar-refractivity contribution is 0.0948. The van der Waals surface area contributed by atoms with Gasteiger partial charge < -0.3 is 20.7 Å². The number of hydrogen-bond donors (Lipinski definition) is 2. The van der Waals surface area contributed by atoms with Crippen molar-refractivity contribution in [3.63, 3.8) is 0 Å². The number of hydrogen-bond acceptors (Lipinski definition) is 4. The average Bonchev–Trinajstić information content (AvgIpc) is 2.58. The summed E-state index contributed by atoms with van der Waals surface area (Å²) < 4.78 is 5.21. The zero-order chi connectivity index (χ0) is 17.5. The minimum atomic E-state index is -0.180. The smallest absolute Gasteiger partial charge is 0.255 e. The van der Waals surface area contributed by atoms with Gasteiger partial charge in [-0.3, -0.25) is 4.79 Å². The number of piperidine rings is 1. The van der Waals surface area contributed by atoms with Gasteiger partial charge in [0, 0.05) is 18.7 Å². The molecule has 134 valence electrons. The van der Waals surface area contributed by atoms with Crippen molar-refractivity contribution in [3.05, 3.63) is 22.7 Å². The summed E-state index contributed by atoms with van der Waals surface area (Å²) >= 11 is 6.00. The van der Waals surface area contributed by atoms with Gasteiger partial charge in [0.25, 0.3) is 5.91 Å². The number of ether oxygens (including phenoxy) is 1. The number of nitrogens with zero attached hydrogens (tertiary/aromatic N) is 1. The molecule has 1 aliphatic rings. The van der Waals surface area contributed by atoms with Crippen LogP contribution in [0.2, 0.25) is 5.02 Å². The predicted octanol–water partition coefficient (Wildman–Crippen LogP) is 3.32. The summed E-state index contributed by atoms with van der Waals surface area (Å²) in [4.78, 5) is 14.9. The first-order valence-electron chi connectivity index (χ1n) is 8.68. The third kappa shape index (κ3) is 5.02. The first-order chi connectivity index (χ1) is 11.5. The predicted molar refractivity (Wildman–Crippen MR) is 98.9 cm³/mol. The molecule has 0 bridgehead atoms. The fraction of sp³-hybridized carbons (Fsp3) is 0.611. The van der Waals surface area contributed by atoms with Crippen molar-refractivity contribution in [2.45, 2.75) is 45.1 Å². The van der Waals surface area contributed by atoms with Gasteiger partial charge in [-0.15, -0.1) is 0 Å². The van der Waals surface area contributed by atoms with Crippen LogP contribution < -0.4 is 15.8 Å². The number of nitrogens with two attached hydrogens (primary N) is 1. The van der Waals surface area contributed by atoms with Gasteiger partial charge in [0.1, 0.15) is 5.75 Å². The van der Waals surface area contributed by atoms with Crippen LogP contribution in [0.4, 0.5) is 5.69 Å². The second-order valence-corrected chi connectivity index (χ2v) is 6.82. The van der Waals surface area contributed by atoms with Crippen LogP contribution in [-0.4, -0.2) is 43.6 Å². The maximum Gasteiger partial charge on any atom is 0.255 e. The number of nitrogen functional groups attached to an aromatic ring is 1. The van der Waals surface area contributed by atoms with Crippen LogP contribution >= 0.6 is 11.6 Å². The van der Waals surface area contributed by atoms with E-state index in [9.17, 15) is 4.79 Å². The van der Waals surface area contributed by atoms with Gasteiger partial charge >= 0.3 is 0 Å². The lowest BCUT2D eigenvalue weighted by Crippen LogP contribution is -2.38. The van der Waals surface area contributed by atoms with E-state index >= 15 is 0 Å². The highest BCUT2D eigenvalue weighted by molar-refractivity contribution is 6.33. The van der Waals surface area contributed by atoms with Crippen molar-refractivity contribution in [2.24, 2.45) is 0 Å². The normalized spacial score (nSPS) is 18.4. The molecule has 1 aromatic rings. The maximum atomic E-state index is 12.3. The van der Waals surface area contributed by atoms with E-state index in [0.29, 0.717) is 34.6 Å². The molecule has 5 nitrogen and oxygen atoms in total. The van der Waals surface area contributed by atoms with Crippen LogP contribution in [0.1, 0.15) is 49.4 Å². The highest BCUT2D eigenvalue weighted by atomic mass is 35.5. The number of rotatable bonds is 7. The number of benzene rings is 1. The van der Waals surface area contributed by atoms with Gasteiger partial charge in [-0.1, -0.05) is 18.0 Å². The summed E-state index contributed by atoms with van der Waals surface area (Å²) in [6, 6.07) is 3.82. The van der Waals surface area contributed by atoms with Crippen molar-refractivity contribution in [2.75, 3.05) is 32.5 Å². The third-order valence-electron chi connectivity index (χ3n) is 4.66. The molecular formula is C18H28ClN3O2. The Balaban J connectivity index is 1.76. The maximum absolute atomic E-state index is 12.3. The molecule has 0 aromatic heterocycles. The lowest BCUT2D eigenvalue weighted by Gasteiger charge is -2.33. The Bertz CT molecular complexity index is 565. The number of amides is 1. The Labute approximate surface area is 149 Å². The van der Waals surface area contributed by atoms with Gasteiger partial charge in [-0.2, -0.15) is 0 Å². The highest BCUT2D eigenvalue weighted by Gasteiger charge is 2.17. The molecule has 3 N–H and O–H groups in total. The summed E-state index contributed by atoms with van der Waals surface area (Å²) in [7, 11) is 1.51. The van der Waals surface area contributed by atoms with E-state index in [1.807, 2.05) is 0 Å². The summed E-state index contributed by atoms with van der Waals surface area (Å²) in [5.74, 6) is 0.261. The summed E-state index contributed by atoms with van der Waals surface area (Å²) in [6.45, 7) is 5.26. The number of methoxy groups -OCH3 is 1. The summed E-state index contributed by atoms with van der Waals surface area (Å²) in [6.07, 6.45) is 6.00. The molecule has 1 aromatic carbocycles. The first kappa shape index (κ1) is 18.9. The molecule has 1 atom stereocenters. The van der Waals surface area contributed by atoms with Gasteiger partial charge in [-0.05, 0) is 51.8 Å². The van der Waals surface area contributed by atoms with Crippen molar-refractivity contribution >= 4 is 23.2 Å². The zero-order valence-electron chi connectivity index (χ0n) is 14.6. The third-order valence-corrected chi connectivity index (χ3v) is 4.99. The molecular weight excluding hydrogens is 326 g/mol. The molecule has 0 saturated carbocycles. The monoisotopic (exact) mass is 353 g/mol. The van der Waals surface area contributed by atoms with E-state index in [-0.39, 0.29) is 5.91 Å². The molecule has 0 aliphatic carbocycles. The van der Waals surface area contributed by atoms with Crippen LogP contribution in [0.25, 0.3) is 0 Å². The number of anilines is 1. The van der Waals surface area contributed by atoms with E-state index in [1.165, 1.54) is 32.9 Å². The van der Waals surface area contributed by atoms with Crippen LogP contribution in [0.5, 0.6) is 5.75 Å². The molecule has 24 heavy (non-hydrogen) atoms. The Hall–Kier alpha value is -1.46. The second kappa shape index (κ2) is 9.14. The number of unbranched alkanes of at least 4 members (excludes halogenated alkanes) is 1. The topological polar surface area (TPSA) is 67.6 Å². The van der Waals surface area contributed by atoms with E-state index < -0.39 is 0 Å². The summed E-state index contributed by atoms with van der Waals surface area (Å²) in [5, 5.41) is 3.29. The summed E-state index contributed by atoms with van der Waals surface area (Å²) in [5.41, 5.74) is 6.56. The van der Waals surface area contributed by atoms with Crippen LogP contribution in [0.15, 0.2) is 12.1 Å². The van der Waals surface area contributed by atoms with Crippen LogP contribution in [-0.2, 0) is 0 Å². The van der Waals surface area contributed by atoms with Gasteiger partial charge in [0.15, 0.2) is 0 Å². The minimum Gasteiger partial charge on any atom is -0.496 e. The van der Waals surface area contributed by atoms with Gasteiger partial charge in [0.05, 0.1) is 23.4 Å². The fourth-order valence-corrected chi connectivity index (χ4v) is 3.31. The molecule has 0 spiro atoms. The van der Waals surface area contributed by atoms with Gasteiger partial charge in [0.2, 0.25) is 0 Å². The number of carbonyl (C=O) groups excluding carboxylic acids is 1. The molecule has 0 radical (unpaired) electrons. The zero-order valence-corrected chi connectivity index (χ0v) is 15.4. The Morgan fingerprint density at radius 3 is 2.92 bits per heavy atom. The molecule has 1 unspecified atom stereocenters. The van der Waals surface area contributed by atoms with E-state index in [2.05, 4.69) is 17.1 Å². The Morgan fingerprint density at radius 1 is 1.42 bits per heavy atom. The minimum absolute atomic E-state index is 0.180. The lowest BCUT2D eigenvalue weighted by atomic mass is 10.0. The largest absolute Gasteiger partial charge is 0.496 e. The number of carbonyl (C=O) groups is 1. The number of likely N-dealkylation sites (tertiary alicyclic amines) is 1. The second-order valence-electron chi connectivity index (χ2n) is 6.42. The van der Waals surface area contributed by atoms with E-state index in [1.54, 1.807) is 12.1 Å². The quantitative estimate of drug-likeness (QED) is 0.583. The van der Waals surface area contributed by atoms with Crippen molar-refractivity contribution in [1.82, 2.24) is 10.2 Å². The van der Waals surface area contributed by atoms with Crippen LogP contribution in [0.3, 0.4) is 0 Å². The average molecular weight is 354 g/mol. The standard InChI is InChI=1S/C18H28ClN3O2/c1-13-7-3-5-9-22(13)10-6-4-8-21-18(23)14-11-15(19)16(20)12-17(14)24-2/h11-13H,3-10,20H2,1-2H3,(H,21,23). The Kier molecular flexibility index (Phi) is 7.18. The molecule has 6 heteroatoms. The molecule has 1 amide bonds. The van der Waals surface area contributed by atoms with Gasteiger partial charge in [-0.25, -0.2) is 0 Å². The number of halogens is 1. The molecule has 1 aliphatic heterocycles.